The summed E-state index contributed by atoms with van der Waals surface area (Å²) in [5, 5.41) is 3.34. The Morgan fingerprint density at radius 3 is 2.53 bits per heavy atom. The highest BCUT2D eigenvalue weighted by Gasteiger charge is 2.37. The van der Waals surface area contributed by atoms with Gasteiger partial charge in [0.1, 0.15) is 0 Å². The van der Waals surface area contributed by atoms with Crippen LogP contribution in [0.25, 0.3) is 0 Å². The summed E-state index contributed by atoms with van der Waals surface area (Å²) in [5.41, 5.74) is 0. The van der Waals surface area contributed by atoms with E-state index in [1.54, 1.807) is 0 Å². The lowest BCUT2D eigenvalue weighted by Crippen LogP contribution is -2.36. The summed E-state index contributed by atoms with van der Waals surface area (Å²) in [6.45, 7) is 8.62. The number of nitrogens with zero attached hydrogens (tertiary/aromatic N) is 1. The third-order valence-electron chi connectivity index (χ3n) is 4.49. The van der Waals surface area contributed by atoms with E-state index < -0.39 is 0 Å². The zero-order chi connectivity index (χ0) is 12.3. The van der Waals surface area contributed by atoms with Gasteiger partial charge in [0.15, 0.2) is 0 Å². The summed E-state index contributed by atoms with van der Waals surface area (Å²) in [6, 6.07) is 0.916. The Bertz CT molecular complexity index is 223. The van der Waals surface area contributed by atoms with Gasteiger partial charge in [-0.05, 0) is 70.0 Å². The number of hydrogen-bond acceptors (Lipinski definition) is 2. The molecule has 0 bridgehead atoms. The van der Waals surface area contributed by atoms with E-state index in [1.807, 2.05) is 0 Å². The molecular weight excluding hydrogens is 208 g/mol. The minimum absolute atomic E-state index is 0.868. The first-order valence-corrected chi connectivity index (χ1v) is 7.59. The number of likely N-dealkylation sites (tertiary alicyclic amines) is 1. The predicted octanol–water partition coefficient (Wildman–Crippen LogP) is 2.74. The molecule has 2 atom stereocenters. The molecule has 0 radical (unpaired) electrons. The molecule has 1 saturated carbocycles. The van der Waals surface area contributed by atoms with Gasteiger partial charge in [0.25, 0.3) is 0 Å². The van der Waals surface area contributed by atoms with Crippen LogP contribution in [0.5, 0.6) is 0 Å². The molecule has 2 unspecified atom stereocenters. The average molecular weight is 238 g/mol. The summed E-state index contributed by atoms with van der Waals surface area (Å²) >= 11 is 0. The molecule has 0 amide bonds. The molecule has 100 valence electrons. The Balaban J connectivity index is 1.80. The zero-order valence-corrected chi connectivity index (χ0v) is 11.9. The van der Waals surface area contributed by atoms with Crippen LogP contribution in [-0.4, -0.2) is 37.6 Å². The Morgan fingerprint density at radius 1 is 1.18 bits per heavy atom. The minimum Gasteiger partial charge on any atom is -0.319 e. The quantitative estimate of drug-likeness (QED) is 0.733. The third kappa shape index (κ3) is 3.96. The van der Waals surface area contributed by atoms with Gasteiger partial charge in [-0.25, -0.2) is 0 Å². The van der Waals surface area contributed by atoms with Gasteiger partial charge in [0.05, 0.1) is 0 Å². The molecule has 2 rings (SSSR count). The fourth-order valence-corrected chi connectivity index (χ4v) is 3.32. The molecule has 1 aliphatic heterocycles. The highest BCUT2D eigenvalue weighted by atomic mass is 15.2. The van der Waals surface area contributed by atoms with E-state index in [0.717, 1.165) is 23.8 Å². The first-order valence-electron chi connectivity index (χ1n) is 7.59. The highest BCUT2D eigenvalue weighted by Crippen LogP contribution is 2.39. The van der Waals surface area contributed by atoms with Crippen LogP contribution in [-0.2, 0) is 0 Å². The van der Waals surface area contributed by atoms with Gasteiger partial charge in [-0.15, -0.1) is 0 Å². The largest absolute Gasteiger partial charge is 0.319 e. The van der Waals surface area contributed by atoms with Crippen molar-refractivity contribution in [3.05, 3.63) is 0 Å². The van der Waals surface area contributed by atoms with Crippen LogP contribution in [0, 0.1) is 17.8 Å². The van der Waals surface area contributed by atoms with Crippen molar-refractivity contribution < 1.29 is 0 Å². The molecule has 2 fully saturated rings. The van der Waals surface area contributed by atoms with E-state index in [2.05, 4.69) is 31.1 Å². The lowest BCUT2D eigenvalue weighted by atomic mass is 9.99. The van der Waals surface area contributed by atoms with Crippen molar-refractivity contribution in [2.75, 3.05) is 26.7 Å². The van der Waals surface area contributed by atoms with Crippen LogP contribution < -0.4 is 5.32 Å². The standard InChI is InChI=1S/C15H30N2/c1-12(2)4-7-15(14-5-6-14)17-9-8-13(11-17)10-16-3/h12-16H,4-11H2,1-3H3. The van der Waals surface area contributed by atoms with Crippen LogP contribution in [0.4, 0.5) is 0 Å². The normalized spacial score (nSPS) is 27.9. The molecule has 0 aromatic rings. The zero-order valence-electron chi connectivity index (χ0n) is 11.9. The SMILES string of the molecule is CNCC1CCN(C(CCC(C)C)C2CC2)C1. The Morgan fingerprint density at radius 2 is 1.94 bits per heavy atom. The summed E-state index contributed by atoms with van der Waals surface area (Å²) in [5.74, 6) is 2.81. The monoisotopic (exact) mass is 238 g/mol. The van der Waals surface area contributed by atoms with Gasteiger partial charge < -0.3 is 5.32 Å². The van der Waals surface area contributed by atoms with Gasteiger partial charge in [0, 0.05) is 12.6 Å². The molecule has 0 aromatic carbocycles. The van der Waals surface area contributed by atoms with Crippen LogP contribution in [0.3, 0.4) is 0 Å². The molecule has 2 heteroatoms. The van der Waals surface area contributed by atoms with Gasteiger partial charge in [-0.2, -0.15) is 0 Å². The van der Waals surface area contributed by atoms with Gasteiger partial charge in [-0.3, -0.25) is 4.90 Å². The second-order valence-corrected chi connectivity index (χ2v) is 6.58. The fourth-order valence-electron chi connectivity index (χ4n) is 3.32. The molecule has 1 heterocycles. The molecule has 17 heavy (non-hydrogen) atoms. The van der Waals surface area contributed by atoms with Crippen molar-refractivity contribution in [3.63, 3.8) is 0 Å². The smallest absolute Gasteiger partial charge is 0.0124 e. The molecule has 0 aromatic heterocycles. The molecule has 2 nitrogen and oxygen atoms in total. The van der Waals surface area contributed by atoms with Crippen LogP contribution in [0.2, 0.25) is 0 Å². The highest BCUT2D eigenvalue weighted by molar-refractivity contribution is 4.91. The van der Waals surface area contributed by atoms with Gasteiger partial charge in [0.2, 0.25) is 0 Å². The van der Waals surface area contributed by atoms with Crippen molar-refractivity contribution in [3.8, 4) is 0 Å². The van der Waals surface area contributed by atoms with E-state index in [-0.39, 0.29) is 0 Å². The first-order chi connectivity index (χ1) is 8.20. The molecule has 1 aliphatic carbocycles. The Labute approximate surface area is 107 Å². The van der Waals surface area contributed by atoms with Crippen molar-refractivity contribution in [2.45, 2.75) is 52.0 Å². The Hall–Kier alpha value is -0.0800. The minimum atomic E-state index is 0.868. The van der Waals surface area contributed by atoms with Gasteiger partial charge >= 0.3 is 0 Å². The first kappa shape index (κ1) is 13.4. The van der Waals surface area contributed by atoms with Crippen molar-refractivity contribution in [1.82, 2.24) is 10.2 Å². The molecule has 1 saturated heterocycles. The maximum atomic E-state index is 3.34. The maximum absolute atomic E-state index is 3.34. The second-order valence-electron chi connectivity index (χ2n) is 6.58. The number of nitrogens with one attached hydrogen (secondary N) is 1. The fraction of sp³-hybridized carbons (Fsp3) is 1.00. The summed E-state index contributed by atoms with van der Waals surface area (Å²) in [4.78, 5) is 2.81. The van der Waals surface area contributed by atoms with Crippen molar-refractivity contribution >= 4 is 0 Å². The third-order valence-corrected chi connectivity index (χ3v) is 4.49. The van der Waals surface area contributed by atoms with E-state index in [1.165, 1.54) is 51.7 Å². The van der Waals surface area contributed by atoms with Crippen molar-refractivity contribution in [2.24, 2.45) is 17.8 Å². The molecule has 0 spiro atoms. The molecular formula is C15H30N2. The number of hydrogen-bond donors (Lipinski definition) is 1. The molecule has 2 aliphatic rings. The summed E-state index contributed by atoms with van der Waals surface area (Å²) in [7, 11) is 2.08. The van der Waals surface area contributed by atoms with Crippen LogP contribution in [0.1, 0.15) is 46.0 Å². The summed E-state index contributed by atoms with van der Waals surface area (Å²) in [6.07, 6.45) is 7.25. The van der Waals surface area contributed by atoms with Crippen LogP contribution >= 0.6 is 0 Å². The number of rotatable bonds is 7. The van der Waals surface area contributed by atoms with Gasteiger partial charge in [-0.1, -0.05) is 13.8 Å². The Kier molecular flexibility index (Phi) is 4.87. The van der Waals surface area contributed by atoms with Crippen LogP contribution in [0.15, 0.2) is 0 Å². The average Bonchev–Trinajstić information content (AvgIpc) is 3.00. The lowest BCUT2D eigenvalue weighted by Gasteiger charge is -2.28. The van der Waals surface area contributed by atoms with E-state index >= 15 is 0 Å². The topological polar surface area (TPSA) is 15.3 Å². The summed E-state index contributed by atoms with van der Waals surface area (Å²) < 4.78 is 0. The van der Waals surface area contributed by atoms with E-state index in [0.29, 0.717) is 0 Å². The second kappa shape index (κ2) is 6.19. The van der Waals surface area contributed by atoms with E-state index in [9.17, 15) is 0 Å². The maximum Gasteiger partial charge on any atom is 0.0124 e. The van der Waals surface area contributed by atoms with Crippen molar-refractivity contribution in [1.29, 1.82) is 0 Å². The molecule has 1 N–H and O–H groups in total. The predicted molar refractivity (Wildman–Crippen MR) is 74.2 cm³/mol. The van der Waals surface area contributed by atoms with E-state index in [4.69, 9.17) is 0 Å². The lowest BCUT2D eigenvalue weighted by molar-refractivity contribution is 0.191.